The summed E-state index contributed by atoms with van der Waals surface area (Å²) in [7, 11) is 0. The minimum absolute atomic E-state index is 0.114. The number of hydrogen-bond acceptors (Lipinski definition) is 7. The maximum Gasteiger partial charge on any atom is 0.251 e. The molecule has 2 amide bonds. The molecule has 0 unspecified atom stereocenters. The maximum absolute atomic E-state index is 13.0. The normalized spacial score (nSPS) is 16.8. The van der Waals surface area contributed by atoms with E-state index in [-0.39, 0.29) is 19.9 Å². The van der Waals surface area contributed by atoms with Crippen LogP contribution in [0.4, 0.5) is 0 Å². The third-order valence-electron chi connectivity index (χ3n) is 6.23. The summed E-state index contributed by atoms with van der Waals surface area (Å²) in [5, 5.41) is 16.4. The van der Waals surface area contributed by atoms with E-state index in [1.54, 1.807) is 18.2 Å². The van der Waals surface area contributed by atoms with Crippen LogP contribution in [0, 0.1) is 0 Å². The maximum atomic E-state index is 13.0. The van der Waals surface area contributed by atoms with Gasteiger partial charge in [-0.3, -0.25) is 9.59 Å². The molecule has 2 aromatic rings. The topological polar surface area (TPSA) is 109 Å². The zero-order valence-electron chi connectivity index (χ0n) is 20.1. The van der Waals surface area contributed by atoms with Gasteiger partial charge in [0.05, 0.1) is 6.61 Å². The van der Waals surface area contributed by atoms with Gasteiger partial charge in [-0.05, 0) is 61.8 Å². The Balaban J connectivity index is 1.33. The zero-order chi connectivity index (χ0) is 25.3. The van der Waals surface area contributed by atoms with Crippen LogP contribution < -0.4 is 20.1 Å². The van der Waals surface area contributed by atoms with E-state index < -0.39 is 24.0 Å². The van der Waals surface area contributed by atoms with Crippen molar-refractivity contribution in [1.29, 1.82) is 0 Å². The standard InChI is InChI=1S/C26H32BrN3O6/c27-20-7-4-18(5-8-20)16-34-24(26(33)28-10-13-30-11-2-1-3-12-30)21(31)15-29-25(32)19-6-9-22-23(14-19)36-17-35-22/h4-9,14,21,24,31H,1-3,10-13,15-17H2,(H,28,33)(H,29,32)/t21-,24-/m1/s1. The molecule has 1 fully saturated rings. The summed E-state index contributed by atoms with van der Waals surface area (Å²) in [5.41, 5.74) is 1.23. The van der Waals surface area contributed by atoms with E-state index in [0.717, 1.165) is 29.7 Å². The van der Waals surface area contributed by atoms with Crippen molar-refractivity contribution in [3.05, 3.63) is 58.1 Å². The second-order valence-corrected chi connectivity index (χ2v) is 9.81. The van der Waals surface area contributed by atoms with Crippen molar-refractivity contribution in [3.8, 4) is 11.5 Å². The highest BCUT2D eigenvalue weighted by Gasteiger charge is 2.29. The van der Waals surface area contributed by atoms with Gasteiger partial charge in [-0.15, -0.1) is 0 Å². The first kappa shape index (κ1) is 26.4. The molecular weight excluding hydrogens is 530 g/mol. The largest absolute Gasteiger partial charge is 0.454 e. The molecule has 0 saturated carbocycles. The van der Waals surface area contributed by atoms with Crippen LogP contribution in [-0.2, 0) is 16.1 Å². The van der Waals surface area contributed by atoms with Crippen molar-refractivity contribution in [2.24, 2.45) is 0 Å². The predicted molar refractivity (Wildman–Crippen MR) is 137 cm³/mol. The number of amides is 2. The Hall–Kier alpha value is -2.66. The molecule has 2 aromatic carbocycles. The monoisotopic (exact) mass is 561 g/mol. The summed E-state index contributed by atoms with van der Waals surface area (Å²) in [6, 6.07) is 12.4. The van der Waals surface area contributed by atoms with Gasteiger partial charge < -0.3 is 34.9 Å². The molecule has 194 valence electrons. The molecule has 1 saturated heterocycles. The van der Waals surface area contributed by atoms with Crippen LogP contribution in [-0.4, -0.2) is 73.5 Å². The first-order chi connectivity index (χ1) is 17.5. The molecule has 3 N–H and O–H groups in total. The van der Waals surface area contributed by atoms with E-state index in [1.165, 1.54) is 19.3 Å². The molecule has 2 aliphatic heterocycles. The molecule has 0 aromatic heterocycles. The first-order valence-corrected chi connectivity index (χ1v) is 13.0. The number of aliphatic hydroxyl groups excluding tert-OH is 1. The Kier molecular flexibility index (Phi) is 9.57. The third-order valence-corrected chi connectivity index (χ3v) is 6.76. The fourth-order valence-corrected chi connectivity index (χ4v) is 4.46. The molecule has 0 radical (unpaired) electrons. The van der Waals surface area contributed by atoms with Crippen LogP contribution in [0.2, 0.25) is 0 Å². The van der Waals surface area contributed by atoms with Gasteiger partial charge in [0.1, 0.15) is 6.10 Å². The number of hydrogen-bond donors (Lipinski definition) is 3. The SMILES string of the molecule is O=C(NC[C@@H](O)[C@@H](OCc1ccc(Br)cc1)C(=O)NCCN1CCCCC1)c1ccc2c(c1)OCO2. The Labute approximate surface area is 219 Å². The van der Waals surface area contributed by atoms with Gasteiger partial charge >= 0.3 is 0 Å². The average molecular weight is 562 g/mol. The van der Waals surface area contributed by atoms with Crippen LogP contribution in [0.5, 0.6) is 11.5 Å². The lowest BCUT2D eigenvalue weighted by Crippen LogP contribution is -2.50. The fourth-order valence-electron chi connectivity index (χ4n) is 4.19. The van der Waals surface area contributed by atoms with Crippen molar-refractivity contribution in [2.75, 3.05) is 39.5 Å². The van der Waals surface area contributed by atoms with Crippen LogP contribution >= 0.6 is 15.9 Å². The quantitative estimate of drug-likeness (QED) is 0.386. The summed E-state index contributed by atoms with van der Waals surface area (Å²) >= 11 is 3.40. The molecule has 2 aliphatic rings. The molecule has 0 spiro atoms. The summed E-state index contributed by atoms with van der Waals surface area (Å²) in [6.07, 6.45) is 1.21. The molecular formula is C26H32BrN3O6. The second-order valence-electron chi connectivity index (χ2n) is 8.90. The molecule has 36 heavy (non-hydrogen) atoms. The number of carbonyl (C=O) groups excluding carboxylic acids is 2. The van der Waals surface area contributed by atoms with Crippen molar-refractivity contribution in [2.45, 2.75) is 38.1 Å². The minimum atomic E-state index is -1.24. The minimum Gasteiger partial charge on any atom is -0.454 e. The number of nitrogens with one attached hydrogen (secondary N) is 2. The van der Waals surface area contributed by atoms with Crippen LogP contribution in [0.25, 0.3) is 0 Å². The Morgan fingerprint density at radius 2 is 1.78 bits per heavy atom. The van der Waals surface area contributed by atoms with Crippen molar-refractivity contribution >= 4 is 27.7 Å². The van der Waals surface area contributed by atoms with E-state index >= 15 is 0 Å². The molecule has 4 rings (SSSR count). The highest BCUT2D eigenvalue weighted by molar-refractivity contribution is 9.10. The Morgan fingerprint density at radius 3 is 2.56 bits per heavy atom. The van der Waals surface area contributed by atoms with Gasteiger partial charge in [0.15, 0.2) is 17.6 Å². The molecule has 2 heterocycles. The highest BCUT2D eigenvalue weighted by atomic mass is 79.9. The lowest BCUT2D eigenvalue weighted by Gasteiger charge is -2.27. The van der Waals surface area contributed by atoms with E-state index in [0.29, 0.717) is 23.6 Å². The number of nitrogens with zero attached hydrogens (tertiary/aromatic N) is 1. The van der Waals surface area contributed by atoms with Gasteiger partial charge in [0.25, 0.3) is 11.8 Å². The molecule has 2 atom stereocenters. The van der Waals surface area contributed by atoms with E-state index in [1.807, 2.05) is 24.3 Å². The number of piperidine rings is 1. The summed E-state index contributed by atoms with van der Waals surface area (Å²) in [4.78, 5) is 27.9. The van der Waals surface area contributed by atoms with Gasteiger partial charge in [-0.1, -0.05) is 34.5 Å². The van der Waals surface area contributed by atoms with Crippen molar-refractivity contribution in [1.82, 2.24) is 15.5 Å². The number of fused-ring (bicyclic) bond motifs is 1. The average Bonchev–Trinajstić information content (AvgIpc) is 3.37. The van der Waals surface area contributed by atoms with Crippen LogP contribution in [0.3, 0.4) is 0 Å². The van der Waals surface area contributed by atoms with Crippen LogP contribution in [0.1, 0.15) is 35.2 Å². The number of aliphatic hydroxyl groups is 1. The van der Waals surface area contributed by atoms with Gasteiger partial charge in [0, 0.05) is 29.7 Å². The molecule has 0 bridgehead atoms. The van der Waals surface area contributed by atoms with Crippen molar-refractivity contribution in [3.63, 3.8) is 0 Å². The number of benzene rings is 2. The third kappa shape index (κ3) is 7.42. The Bertz CT molecular complexity index is 1030. The molecule has 9 nitrogen and oxygen atoms in total. The lowest BCUT2D eigenvalue weighted by atomic mass is 10.1. The summed E-state index contributed by atoms with van der Waals surface area (Å²) in [6.45, 7) is 3.39. The van der Waals surface area contributed by atoms with Gasteiger partial charge in [-0.2, -0.15) is 0 Å². The smallest absolute Gasteiger partial charge is 0.251 e. The Morgan fingerprint density at radius 1 is 1.03 bits per heavy atom. The molecule has 10 heteroatoms. The lowest BCUT2D eigenvalue weighted by molar-refractivity contribution is -0.141. The highest BCUT2D eigenvalue weighted by Crippen LogP contribution is 2.32. The summed E-state index contributed by atoms with van der Waals surface area (Å²) in [5.74, 6) is 0.264. The van der Waals surface area contributed by atoms with E-state index in [4.69, 9.17) is 14.2 Å². The van der Waals surface area contributed by atoms with E-state index in [9.17, 15) is 14.7 Å². The summed E-state index contributed by atoms with van der Waals surface area (Å²) < 4.78 is 17.4. The number of carbonyl (C=O) groups is 2. The number of rotatable bonds is 11. The van der Waals surface area contributed by atoms with Gasteiger partial charge in [0.2, 0.25) is 6.79 Å². The number of halogens is 1. The second kappa shape index (κ2) is 13.0. The van der Waals surface area contributed by atoms with Gasteiger partial charge in [-0.25, -0.2) is 0 Å². The number of likely N-dealkylation sites (tertiary alicyclic amines) is 1. The first-order valence-electron chi connectivity index (χ1n) is 12.2. The van der Waals surface area contributed by atoms with Crippen molar-refractivity contribution < 1.29 is 28.9 Å². The van der Waals surface area contributed by atoms with E-state index in [2.05, 4.69) is 31.5 Å². The number of ether oxygens (including phenoxy) is 3. The predicted octanol–water partition coefficient (Wildman–Crippen LogP) is 2.46. The zero-order valence-corrected chi connectivity index (χ0v) is 21.7. The molecule has 0 aliphatic carbocycles. The van der Waals surface area contributed by atoms with Crippen LogP contribution in [0.15, 0.2) is 46.9 Å². The fraction of sp³-hybridized carbons (Fsp3) is 0.462.